The highest BCUT2D eigenvalue weighted by atomic mass is 32.2. The number of hydrogen-bond acceptors (Lipinski definition) is 4. The number of aromatic nitrogens is 3. The first kappa shape index (κ1) is 16.1. The van der Waals surface area contributed by atoms with Crippen LogP contribution >= 0.6 is 11.8 Å². The van der Waals surface area contributed by atoms with Crippen LogP contribution in [0.1, 0.15) is 41.4 Å². The van der Waals surface area contributed by atoms with E-state index in [9.17, 15) is 4.79 Å². The van der Waals surface area contributed by atoms with Crippen molar-refractivity contribution in [1.82, 2.24) is 14.8 Å². The molecule has 1 aliphatic rings. The lowest BCUT2D eigenvalue weighted by Gasteiger charge is -2.13. The first-order chi connectivity index (χ1) is 11.0. The van der Waals surface area contributed by atoms with E-state index in [0.717, 1.165) is 27.8 Å². The monoisotopic (exact) mass is 330 g/mol. The van der Waals surface area contributed by atoms with Crippen LogP contribution in [0.3, 0.4) is 0 Å². The Hall–Kier alpha value is -1.82. The summed E-state index contributed by atoms with van der Waals surface area (Å²) in [5, 5.41) is 12.2. The molecule has 1 aromatic carbocycles. The Bertz CT molecular complexity index is 726. The van der Waals surface area contributed by atoms with Gasteiger partial charge in [-0.05, 0) is 51.7 Å². The molecule has 1 fully saturated rings. The van der Waals surface area contributed by atoms with Crippen LogP contribution in [0.4, 0.5) is 5.69 Å². The standard InChI is InChI=1S/C17H22N4OS/c1-10-7-11(2)16(12(3)8-10)18-15(22)9-23-17-20-19-13(4)21(17)14-5-6-14/h7-8,14H,5-6,9H2,1-4H3,(H,18,22). The molecule has 0 spiro atoms. The maximum atomic E-state index is 12.3. The smallest absolute Gasteiger partial charge is 0.234 e. The van der Waals surface area contributed by atoms with Crippen molar-refractivity contribution in [2.24, 2.45) is 0 Å². The molecular weight excluding hydrogens is 308 g/mol. The van der Waals surface area contributed by atoms with Gasteiger partial charge in [0, 0.05) is 11.7 Å². The molecule has 1 aliphatic carbocycles. The average Bonchev–Trinajstić information content (AvgIpc) is 3.24. The molecule has 23 heavy (non-hydrogen) atoms. The zero-order chi connectivity index (χ0) is 16.6. The molecule has 0 atom stereocenters. The molecule has 6 heteroatoms. The van der Waals surface area contributed by atoms with Gasteiger partial charge in [0.2, 0.25) is 5.91 Å². The molecule has 0 unspecified atom stereocenters. The lowest BCUT2D eigenvalue weighted by molar-refractivity contribution is -0.113. The fraction of sp³-hybridized carbons (Fsp3) is 0.471. The van der Waals surface area contributed by atoms with Crippen LogP contribution in [-0.4, -0.2) is 26.4 Å². The Labute approximate surface area is 140 Å². The minimum absolute atomic E-state index is 0.00643. The first-order valence-electron chi connectivity index (χ1n) is 7.87. The highest BCUT2D eigenvalue weighted by molar-refractivity contribution is 7.99. The number of nitrogens with one attached hydrogen (secondary N) is 1. The molecule has 1 amide bonds. The topological polar surface area (TPSA) is 59.8 Å². The Morgan fingerprint density at radius 2 is 1.87 bits per heavy atom. The Morgan fingerprint density at radius 1 is 1.22 bits per heavy atom. The summed E-state index contributed by atoms with van der Waals surface area (Å²) in [6.07, 6.45) is 2.36. The molecule has 5 nitrogen and oxygen atoms in total. The third-order valence-corrected chi connectivity index (χ3v) is 4.96. The van der Waals surface area contributed by atoms with E-state index in [4.69, 9.17) is 0 Å². The molecule has 0 bridgehead atoms. The molecule has 1 heterocycles. The van der Waals surface area contributed by atoms with Crippen molar-refractivity contribution in [3.8, 4) is 0 Å². The average molecular weight is 330 g/mol. The number of carbonyl (C=O) groups excluding carboxylic acids is 1. The van der Waals surface area contributed by atoms with E-state index >= 15 is 0 Å². The number of benzene rings is 1. The summed E-state index contributed by atoms with van der Waals surface area (Å²) in [5.74, 6) is 1.27. The molecule has 0 radical (unpaired) electrons. The van der Waals surface area contributed by atoms with Crippen molar-refractivity contribution in [1.29, 1.82) is 0 Å². The van der Waals surface area contributed by atoms with Crippen LogP contribution in [0.5, 0.6) is 0 Å². The molecule has 1 aromatic heterocycles. The van der Waals surface area contributed by atoms with Crippen molar-refractivity contribution in [2.45, 2.75) is 51.7 Å². The zero-order valence-electron chi connectivity index (χ0n) is 14.0. The number of hydrogen-bond donors (Lipinski definition) is 1. The van der Waals surface area contributed by atoms with Gasteiger partial charge in [0.15, 0.2) is 5.16 Å². The highest BCUT2D eigenvalue weighted by Crippen LogP contribution is 2.38. The zero-order valence-corrected chi connectivity index (χ0v) is 14.8. The van der Waals surface area contributed by atoms with Crippen LogP contribution < -0.4 is 5.32 Å². The number of rotatable bonds is 5. The molecule has 3 rings (SSSR count). The van der Waals surface area contributed by atoms with Gasteiger partial charge >= 0.3 is 0 Å². The van der Waals surface area contributed by atoms with Gasteiger partial charge in [-0.3, -0.25) is 4.79 Å². The minimum atomic E-state index is -0.00643. The highest BCUT2D eigenvalue weighted by Gasteiger charge is 2.28. The Balaban J connectivity index is 1.65. The van der Waals surface area contributed by atoms with Gasteiger partial charge in [0.1, 0.15) is 5.82 Å². The molecule has 2 aromatic rings. The van der Waals surface area contributed by atoms with E-state index in [1.165, 1.54) is 30.2 Å². The summed E-state index contributed by atoms with van der Waals surface area (Å²) in [6, 6.07) is 4.70. The first-order valence-corrected chi connectivity index (χ1v) is 8.86. The van der Waals surface area contributed by atoms with E-state index in [1.54, 1.807) is 0 Å². The molecule has 0 aliphatic heterocycles. The number of nitrogens with zero attached hydrogens (tertiary/aromatic N) is 3. The number of carbonyl (C=O) groups is 1. The Morgan fingerprint density at radius 3 is 2.48 bits per heavy atom. The largest absolute Gasteiger partial charge is 0.325 e. The third kappa shape index (κ3) is 3.58. The van der Waals surface area contributed by atoms with Crippen LogP contribution in [0.15, 0.2) is 17.3 Å². The summed E-state index contributed by atoms with van der Waals surface area (Å²) >= 11 is 1.46. The second-order valence-corrected chi connectivity index (χ2v) is 7.18. The van der Waals surface area contributed by atoms with Crippen molar-refractivity contribution in [3.05, 3.63) is 34.6 Å². The van der Waals surface area contributed by atoms with E-state index in [2.05, 4.69) is 39.1 Å². The van der Waals surface area contributed by atoms with E-state index < -0.39 is 0 Å². The normalized spacial score (nSPS) is 14.1. The predicted octanol–water partition coefficient (Wildman–Crippen LogP) is 3.58. The fourth-order valence-electron chi connectivity index (χ4n) is 2.88. The van der Waals surface area contributed by atoms with Crippen LogP contribution in [0.2, 0.25) is 0 Å². The second-order valence-electron chi connectivity index (χ2n) is 6.24. The Kier molecular flexibility index (Phi) is 4.43. The van der Waals surface area contributed by atoms with Gasteiger partial charge in [-0.15, -0.1) is 10.2 Å². The lowest BCUT2D eigenvalue weighted by Crippen LogP contribution is -2.16. The molecule has 0 saturated heterocycles. The predicted molar refractivity (Wildman–Crippen MR) is 93.0 cm³/mol. The number of thioether (sulfide) groups is 1. The molecule has 1 saturated carbocycles. The minimum Gasteiger partial charge on any atom is -0.325 e. The van der Waals surface area contributed by atoms with Gasteiger partial charge in [-0.1, -0.05) is 29.5 Å². The summed E-state index contributed by atoms with van der Waals surface area (Å²) in [7, 11) is 0. The van der Waals surface area contributed by atoms with Crippen LogP contribution in [0, 0.1) is 27.7 Å². The number of amides is 1. The van der Waals surface area contributed by atoms with Gasteiger partial charge in [-0.25, -0.2) is 0 Å². The summed E-state index contributed by atoms with van der Waals surface area (Å²) in [5.41, 5.74) is 4.32. The fourth-order valence-corrected chi connectivity index (χ4v) is 3.74. The summed E-state index contributed by atoms with van der Waals surface area (Å²) in [6.45, 7) is 8.08. The van der Waals surface area contributed by atoms with Gasteiger partial charge in [-0.2, -0.15) is 0 Å². The van der Waals surface area contributed by atoms with Gasteiger partial charge < -0.3 is 9.88 Å². The van der Waals surface area contributed by atoms with Crippen LogP contribution in [-0.2, 0) is 4.79 Å². The summed E-state index contributed by atoms with van der Waals surface area (Å²) < 4.78 is 2.15. The van der Waals surface area contributed by atoms with E-state index in [1.807, 2.05) is 20.8 Å². The molecule has 1 N–H and O–H groups in total. The molecular formula is C17H22N4OS. The van der Waals surface area contributed by atoms with Crippen molar-refractivity contribution in [2.75, 3.05) is 11.1 Å². The maximum Gasteiger partial charge on any atom is 0.234 e. The lowest BCUT2D eigenvalue weighted by atomic mass is 10.1. The summed E-state index contributed by atoms with van der Waals surface area (Å²) in [4.78, 5) is 12.3. The maximum absolute atomic E-state index is 12.3. The van der Waals surface area contributed by atoms with Crippen molar-refractivity contribution < 1.29 is 4.79 Å². The quantitative estimate of drug-likeness (QED) is 0.851. The third-order valence-electron chi connectivity index (χ3n) is 4.02. The van der Waals surface area contributed by atoms with Crippen LogP contribution in [0.25, 0.3) is 0 Å². The van der Waals surface area contributed by atoms with Crippen molar-refractivity contribution >= 4 is 23.4 Å². The second kappa shape index (κ2) is 6.35. The number of anilines is 1. The number of aryl methyl sites for hydroxylation is 4. The van der Waals surface area contributed by atoms with Gasteiger partial charge in [0.05, 0.1) is 5.75 Å². The molecule has 122 valence electrons. The van der Waals surface area contributed by atoms with E-state index in [-0.39, 0.29) is 5.91 Å². The van der Waals surface area contributed by atoms with Gasteiger partial charge in [0.25, 0.3) is 0 Å². The van der Waals surface area contributed by atoms with E-state index in [0.29, 0.717) is 11.8 Å². The van der Waals surface area contributed by atoms with Crippen molar-refractivity contribution in [3.63, 3.8) is 0 Å². The SMILES string of the molecule is Cc1cc(C)c(NC(=O)CSc2nnc(C)n2C2CC2)c(C)c1.